The van der Waals surface area contributed by atoms with Crippen LogP contribution in [0.2, 0.25) is 0 Å². The Labute approximate surface area is 229 Å². The number of ether oxygens (including phenoxy) is 1. The molecule has 2 aliphatic rings. The minimum Gasteiger partial charge on any atom is -0.390 e. The van der Waals surface area contributed by atoms with E-state index in [4.69, 9.17) is 4.74 Å². The lowest BCUT2D eigenvalue weighted by Crippen LogP contribution is -2.50. The zero-order chi connectivity index (χ0) is 27.2. The summed E-state index contributed by atoms with van der Waals surface area (Å²) in [5.74, 6) is -0.226. The van der Waals surface area contributed by atoms with Crippen molar-refractivity contribution in [3.8, 4) is 0 Å². The monoisotopic (exact) mass is 530 g/mol. The fourth-order valence-electron chi connectivity index (χ4n) is 5.57. The summed E-state index contributed by atoms with van der Waals surface area (Å²) in [6.45, 7) is 4.49. The molecule has 3 heterocycles. The third-order valence-electron chi connectivity index (χ3n) is 7.84. The maximum absolute atomic E-state index is 13.8. The number of aromatic nitrogens is 1. The average Bonchev–Trinajstić information content (AvgIpc) is 3.41. The standard InChI is InChI=1S/C31H38N4O4/c1-2-22-10-13-32-30-25(22)18-23(19-27(30)35-14-6-9-29(35)37)31(38)34-26(17-21-7-4-3-5-8-21)28(36)20-33-24-11-15-39-16-12-24/h3-5,7-8,10,13,18-19,24,26,28,33,36H,2,6,9,11-12,14-17,20H2,1H3,(H,34,38)/t26-,28+/m0/s1. The predicted octanol–water partition coefficient (Wildman–Crippen LogP) is 3.39. The third kappa shape index (κ3) is 6.46. The van der Waals surface area contributed by atoms with E-state index in [2.05, 4.69) is 22.5 Å². The summed E-state index contributed by atoms with van der Waals surface area (Å²) in [4.78, 5) is 32.8. The molecule has 1 aromatic heterocycles. The number of amides is 2. The molecule has 39 heavy (non-hydrogen) atoms. The highest BCUT2D eigenvalue weighted by molar-refractivity contribution is 6.08. The van der Waals surface area contributed by atoms with Crippen LogP contribution in [0.4, 0.5) is 5.69 Å². The smallest absolute Gasteiger partial charge is 0.251 e. The van der Waals surface area contributed by atoms with Crippen molar-refractivity contribution in [2.75, 3.05) is 31.2 Å². The largest absolute Gasteiger partial charge is 0.390 e. The van der Waals surface area contributed by atoms with Crippen LogP contribution in [0.15, 0.2) is 54.7 Å². The van der Waals surface area contributed by atoms with Crippen LogP contribution in [-0.4, -0.2) is 66.4 Å². The van der Waals surface area contributed by atoms with E-state index in [0.29, 0.717) is 43.2 Å². The normalized spacial score (nSPS) is 17.9. The van der Waals surface area contributed by atoms with Crippen LogP contribution in [0.3, 0.4) is 0 Å². The maximum atomic E-state index is 13.8. The lowest BCUT2D eigenvalue weighted by atomic mass is 9.98. The predicted molar refractivity (Wildman–Crippen MR) is 152 cm³/mol. The summed E-state index contributed by atoms with van der Waals surface area (Å²) in [5.41, 5.74) is 3.98. The molecule has 8 nitrogen and oxygen atoms in total. The Hall–Kier alpha value is -3.33. The van der Waals surface area contributed by atoms with Crippen LogP contribution >= 0.6 is 0 Å². The minimum absolute atomic E-state index is 0.0501. The Kier molecular flexibility index (Phi) is 8.86. The lowest BCUT2D eigenvalue weighted by Gasteiger charge is -2.29. The SMILES string of the molecule is CCc1ccnc2c(N3CCCC3=O)cc(C(=O)N[C@@H](Cc3ccccc3)[C@H](O)CNC3CCOCC3)cc12. The molecule has 2 aliphatic heterocycles. The van der Waals surface area contributed by atoms with Crippen molar-refractivity contribution in [2.24, 2.45) is 0 Å². The van der Waals surface area contributed by atoms with Crippen LogP contribution in [0.1, 0.15) is 54.1 Å². The number of hydrogen-bond acceptors (Lipinski definition) is 6. The van der Waals surface area contributed by atoms with Gasteiger partial charge in [-0.25, -0.2) is 0 Å². The molecule has 2 atom stereocenters. The molecule has 3 N–H and O–H groups in total. The molecule has 8 heteroatoms. The molecule has 0 spiro atoms. The number of nitrogens with zero attached hydrogens (tertiary/aromatic N) is 2. The molecule has 0 bridgehead atoms. The van der Waals surface area contributed by atoms with Gasteiger partial charge in [-0.15, -0.1) is 0 Å². The molecule has 0 saturated carbocycles. The Morgan fingerprint density at radius 3 is 2.69 bits per heavy atom. The van der Waals surface area contributed by atoms with E-state index in [9.17, 15) is 14.7 Å². The number of anilines is 1. The summed E-state index contributed by atoms with van der Waals surface area (Å²) < 4.78 is 5.45. The van der Waals surface area contributed by atoms with Crippen molar-refractivity contribution in [1.82, 2.24) is 15.6 Å². The molecule has 2 amide bonds. The van der Waals surface area contributed by atoms with Crippen LogP contribution in [-0.2, 0) is 22.4 Å². The highest BCUT2D eigenvalue weighted by Gasteiger charge is 2.28. The second kappa shape index (κ2) is 12.7. The number of rotatable bonds is 10. The summed E-state index contributed by atoms with van der Waals surface area (Å²) in [7, 11) is 0. The second-order valence-electron chi connectivity index (χ2n) is 10.5. The molecule has 2 aromatic carbocycles. The number of nitrogens with one attached hydrogen (secondary N) is 2. The van der Waals surface area contributed by atoms with E-state index < -0.39 is 12.1 Å². The first-order valence-electron chi connectivity index (χ1n) is 14.1. The van der Waals surface area contributed by atoms with Gasteiger partial charge in [0.25, 0.3) is 5.91 Å². The number of carbonyl (C=O) groups is 2. The van der Waals surface area contributed by atoms with Gasteiger partial charge in [0.1, 0.15) is 0 Å². The number of aryl methyl sites for hydroxylation is 1. The second-order valence-corrected chi connectivity index (χ2v) is 10.5. The quantitative estimate of drug-likeness (QED) is 0.371. The van der Waals surface area contributed by atoms with E-state index in [1.807, 2.05) is 42.5 Å². The summed E-state index contributed by atoms with van der Waals surface area (Å²) >= 11 is 0. The number of fused-ring (bicyclic) bond motifs is 1. The molecule has 0 unspecified atom stereocenters. The molecular weight excluding hydrogens is 492 g/mol. The van der Waals surface area contributed by atoms with Crippen molar-refractivity contribution >= 4 is 28.4 Å². The van der Waals surface area contributed by atoms with Crippen molar-refractivity contribution < 1.29 is 19.4 Å². The van der Waals surface area contributed by atoms with E-state index in [1.54, 1.807) is 17.2 Å². The van der Waals surface area contributed by atoms with Gasteiger partial charge in [-0.3, -0.25) is 14.6 Å². The van der Waals surface area contributed by atoms with Gasteiger partial charge < -0.3 is 25.4 Å². The maximum Gasteiger partial charge on any atom is 0.251 e. The third-order valence-corrected chi connectivity index (χ3v) is 7.84. The summed E-state index contributed by atoms with van der Waals surface area (Å²) in [6, 6.07) is 15.3. The van der Waals surface area contributed by atoms with Crippen LogP contribution in [0.5, 0.6) is 0 Å². The summed E-state index contributed by atoms with van der Waals surface area (Å²) in [6.07, 6.45) is 5.36. The van der Waals surface area contributed by atoms with Gasteiger partial charge in [-0.1, -0.05) is 37.3 Å². The molecule has 2 fully saturated rings. The number of aliphatic hydroxyl groups is 1. The van der Waals surface area contributed by atoms with Gasteiger partial charge in [-0.05, 0) is 61.4 Å². The van der Waals surface area contributed by atoms with Crippen LogP contribution in [0.25, 0.3) is 10.9 Å². The molecule has 3 aromatic rings. The first-order valence-corrected chi connectivity index (χ1v) is 14.1. The first kappa shape index (κ1) is 27.2. The zero-order valence-electron chi connectivity index (χ0n) is 22.6. The number of pyridine rings is 1. The van der Waals surface area contributed by atoms with Crippen molar-refractivity contribution in [1.29, 1.82) is 0 Å². The molecular formula is C31H38N4O4. The topological polar surface area (TPSA) is 104 Å². The number of carbonyl (C=O) groups excluding carboxylic acids is 2. The van der Waals surface area contributed by atoms with Gasteiger partial charge >= 0.3 is 0 Å². The molecule has 0 aliphatic carbocycles. The van der Waals surface area contributed by atoms with Gasteiger partial charge in [0, 0.05) is 55.9 Å². The van der Waals surface area contributed by atoms with Crippen LogP contribution < -0.4 is 15.5 Å². The Morgan fingerprint density at radius 1 is 1.18 bits per heavy atom. The Balaban J connectivity index is 1.42. The van der Waals surface area contributed by atoms with Gasteiger partial charge in [0.15, 0.2) is 0 Å². The van der Waals surface area contributed by atoms with Crippen molar-refractivity contribution in [3.63, 3.8) is 0 Å². The van der Waals surface area contributed by atoms with Crippen molar-refractivity contribution in [3.05, 3.63) is 71.4 Å². The van der Waals surface area contributed by atoms with E-state index >= 15 is 0 Å². The molecule has 5 rings (SSSR count). The van der Waals surface area contributed by atoms with Gasteiger partial charge in [0.05, 0.1) is 23.3 Å². The van der Waals surface area contributed by atoms with E-state index in [1.165, 1.54) is 0 Å². The number of aliphatic hydroxyl groups excluding tert-OH is 1. The highest BCUT2D eigenvalue weighted by atomic mass is 16.5. The Morgan fingerprint density at radius 2 is 1.97 bits per heavy atom. The fraction of sp³-hybridized carbons (Fsp3) is 0.452. The van der Waals surface area contributed by atoms with Gasteiger partial charge in [-0.2, -0.15) is 0 Å². The highest BCUT2D eigenvalue weighted by Crippen LogP contribution is 2.32. The van der Waals surface area contributed by atoms with Crippen LogP contribution in [0, 0.1) is 0 Å². The van der Waals surface area contributed by atoms with Crippen molar-refractivity contribution in [2.45, 2.75) is 63.6 Å². The van der Waals surface area contributed by atoms with Gasteiger partial charge in [0.2, 0.25) is 5.91 Å². The minimum atomic E-state index is -0.787. The fourth-order valence-corrected chi connectivity index (χ4v) is 5.57. The van der Waals surface area contributed by atoms with E-state index in [-0.39, 0.29) is 11.8 Å². The van der Waals surface area contributed by atoms with E-state index in [0.717, 1.165) is 60.9 Å². The summed E-state index contributed by atoms with van der Waals surface area (Å²) in [5, 5.41) is 18.7. The average molecular weight is 531 g/mol. The zero-order valence-corrected chi connectivity index (χ0v) is 22.6. The molecule has 2 saturated heterocycles. The lowest BCUT2D eigenvalue weighted by molar-refractivity contribution is -0.117. The number of hydrogen-bond donors (Lipinski definition) is 3. The number of benzene rings is 2. The molecule has 206 valence electrons. The first-order chi connectivity index (χ1) is 19.0. The molecule has 0 radical (unpaired) electrons. The Bertz CT molecular complexity index is 1290.